The Balaban J connectivity index is 1.55. The molecule has 0 atom stereocenters. The molecular formula is C23H19ClF3N5O3S. The summed E-state index contributed by atoms with van der Waals surface area (Å²) in [5, 5.41) is 4.89. The fraction of sp³-hybridized carbons (Fsp3) is 0.130. The Kier molecular flexibility index (Phi) is 6.94. The van der Waals surface area contributed by atoms with E-state index >= 15 is 0 Å². The van der Waals surface area contributed by atoms with Gasteiger partial charge >= 0.3 is 12.2 Å². The van der Waals surface area contributed by atoms with E-state index in [-0.39, 0.29) is 17.1 Å². The van der Waals surface area contributed by atoms with Crippen LogP contribution >= 0.6 is 11.6 Å². The average molecular weight is 538 g/mol. The Bertz CT molecular complexity index is 1540. The normalized spacial score (nSPS) is 12.0. The minimum absolute atomic E-state index is 0.0819. The lowest BCUT2D eigenvalue weighted by Gasteiger charge is -2.12. The van der Waals surface area contributed by atoms with E-state index in [1.165, 1.54) is 18.5 Å². The molecule has 0 aliphatic carbocycles. The van der Waals surface area contributed by atoms with Gasteiger partial charge in [-0.05, 0) is 48.5 Å². The number of halogens is 4. The molecule has 2 aromatic carbocycles. The van der Waals surface area contributed by atoms with E-state index in [9.17, 15) is 26.4 Å². The summed E-state index contributed by atoms with van der Waals surface area (Å²) in [5.74, 6) is 0. The Hall–Kier alpha value is -3.61. The van der Waals surface area contributed by atoms with Crippen LogP contribution in [0.4, 0.5) is 29.3 Å². The van der Waals surface area contributed by atoms with Crippen molar-refractivity contribution in [1.29, 1.82) is 0 Å². The second kappa shape index (κ2) is 9.80. The highest BCUT2D eigenvalue weighted by Crippen LogP contribution is 2.36. The molecule has 13 heteroatoms. The Morgan fingerprint density at radius 2 is 1.72 bits per heavy atom. The number of pyridine rings is 1. The summed E-state index contributed by atoms with van der Waals surface area (Å²) in [6.07, 6.45) is -0.133. The zero-order valence-corrected chi connectivity index (χ0v) is 20.2. The first kappa shape index (κ1) is 25.5. The van der Waals surface area contributed by atoms with E-state index < -0.39 is 32.8 Å². The van der Waals surface area contributed by atoms with Gasteiger partial charge in [-0.2, -0.15) is 13.2 Å². The van der Waals surface area contributed by atoms with E-state index in [2.05, 4.69) is 20.3 Å². The number of urea groups is 1. The molecule has 4 aromatic rings. The number of carbonyl (C=O) groups excluding carboxylic acids is 1. The van der Waals surface area contributed by atoms with Crippen LogP contribution in [0.1, 0.15) is 12.5 Å². The molecule has 0 radical (unpaired) electrons. The first-order valence-corrected chi connectivity index (χ1v) is 12.4. The molecule has 0 unspecified atom stereocenters. The zero-order chi connectivity index (χ0) is 26.1. The molecule has 8 nitrogen and oxygen atoms in total. The van der Waals surface area contributed by atoms with Crippen molar-refractivity contribution >= 4 is 49.9 Å². The van der Waals surface area contributed by atoms with Crippen LogP contribution in [0.2, 0.25) is 5.02 Å². The SMILES string of the molecule is CCNS(=O)(=O)c1cn(-c2ccc(NC(=O)Nc3ccc(Cl)c(C(F)(F)F)c3)cc2)c2cnccc12. The van der Waals surface area contributed by atoms with Crippen molar-refractivity contribution < 1.29 is 26.4 Å². The van der Waals surface area contributed by atoms with Gasteiger partial charge < -0.3 is 15.2 Å². The average Bonchev–Trinajstić information content (AvgIpc) is 3.21. The van der Waals surface area contributed by atoms with Crippen molar-refractivity contribution in [1.82, 2.24) is 14.3 Å². The molecule has 0 spiro atoms. The minimum Gasteiger partial charge on any atom is -0.314 e. The standard InChI is InChI=1S/C23H19ClF3N5O3S/c1-2-29-36(34,35)21-13-32(20-12-28-10-9-17(20)21)16-6-3-14(4-7-16)30-22(33)31-15-5-8-19(24)18(11-15)23(25,26)27/h3-13,29H,2H2,1H3,(H2,30,31,33). The molecule has 0 fully saturated rings. The summed E-state index contributed by atoms with van der Waals surface area (Å²) < 4.78 is 68.5. The van der Waals surface area contributed by atoms with Crippen LogP contribution in [-0.4, -0.2) is 30.5 Å². The second-order valence-corrected chi connectivity index (χ2v) is 9.72. The number of nitrogens with zero attached hydrogens (tertiary/aromatic N) is 2. The maximum Gasteiger partial charge on any atom is 0.417 e. The van der Waals surface area contributed by atoms with Crippen molar-refractivity contribution in [2.24, 2.45) is 0 Å². The molecule has 4 rings (SSSR count). The third-order valence-electron chi connectivity index (χ3n) is 5.13. The maximum absolute atomic E-state index is 13.0. The number of fused-ring (bicyclic) bond motifs is 1. The lowest BCUT2D eigenvalue weighted by atomic mass is 10.2. The van der Waals surface area contributed by atoms with E-state index in [0.717, 1.165) is 12.1 Å². The van der Waals surface area contributed by atoms with Crippen LogP contribution in [0.3, 0.4) is 0 Å². The number of anilines is 2. The molecule has 2 heterocycles. The molecule has 0 bridgehead atoms. The number of sulfonamides is 1. The molecule has 2 aromatic heterocycles. The van der Waals surface area contributed by atoms with E-state index in [0.29, 0.717) is 22.3 Å². The van der Waals surface area contributed by atoms with Gasteiger partial charge in [-0.1, -0.05) is 18.5 Å². The number of amides is 2. The van der Waals surface area contributed by atoms with Crippen LogP contribution in [0, 0.1) is 0 Å². The molecule has 188 valence electrons. The van der Waals surface area contributed by atoms with Crippen LogP contribution in [0.5, 0.6) is 0 Å². The van der Waals surface area contributed by atoms with Crippen molar-refractivity contribution in [2.45, 2.75) is 18.0 Å². The highest BCUT2D eigenvalue weighted by Gasteiger charge is 2.33. The summed E-state index contributed by atoms with van der Waals surface area (Å²) in [5.41, 5.74) is 0.383. The van der Waals surface area contributed by atoms with Crippen LogP contribution < -0.4 is 15.4 Å². The van der Waals surface area contributed by atoms with E-state index in [1.807, 2.05) is 0 Å². The van der Waals surface area contributed by atoms with Crippen LogP contribution in [-0.2, 0) is 16.2 Å². The van der Waals surface area contributed by atoms with Crippen molar-refractivity contribution in [3.8, 4) is 5.69 Å². The molecule has 3 N–H and O–H groups in total. The monoisotopic (exact) mass is 537 g/mol. The summed E-state index contributed by atoms with van der Waals surface area (Å²) in [6, 6.07) is 10.3. The summed E-state index contributed by atoms with van der Waals surface area (Å²) in [4.78, 5) is 16.5. The first-order valence-electron chi connectivity index (χ1n) is 10.5. The second-order valence-electron chi connectivity index (χ2n) is 7.58. The topological polar surface area (TPSA) is 105 Å². The van der Waals surface area contributed by atoms with E-state index in [1.54, 1.807) is 48.0 Å². The number of benzene rings is 2. The summed E-state index contributed by atoms with van der Waals surface area (Å²) in [6.45, 7) is 1.92. The smallest absolute Gasteiger partial charge is 0.314 e. The number of hydrogen-bond acceptors (Lipinski definition) is 4. The number of carbonyl (C=O) groups is 1. The van der Waals surface area contributed by atoms with Gasteiger partial charge in [0.25, 0.3) is 0 Å². The quantitative estimate of drug-likeness (QED) is 0.296. The van der Waals surface area contributed by atoms with Gasteiger partial charge in [0, 0.05) is 41.4 Å². The minimum atomic E-state index is -4.66. The maximum atomic E-state index is 13.0. The summed E-state index contributed by atoms with van der Waals surface area (Å²) in [7, 11) is -3.74. The van der Waals surface area contributed by atoms with Crippen molar-refractivity contribution in [3.05, 3.63) is 77.7 Å². The molecule has 0 aliphatic rings. The lowest BCUT2D eigenvalue weighted by molar-refractivity contribution is -0.137. The van der Waals surface area contributed by atoms with Gasteiger partial charge in [0.15, 0.2) is 0 Å². The molecular weight excluding hydrogens is 519 g/mol. The zero-order valence-electron chi connectivity index (χ0n) is 18.6. The molecule has 0 saturated carbocycles. The molecule has 0 aliphatic heterocycles. The predicted molar refractivity (Wildman–Crippen MR) is 131 cm³/mol. The Morgan fingerprint density at radius 3 is 2.39 bits per heavy atom. The summed E-state index contributed by atoms with van der Waals surface area (Å²) >= 11 is 5.60. The third-order valence-corrected chi connectivity index (χ3v) is 7.03. The van der Waals surface area contributed by atoms with Crippen LogP contribution in [0.15, 0.2) is 72.0 Å². The van der Waals surface area contributed by atoms with Crippen molar-refractivity contribution in [3.63, 3.8) is 0 Å². The number of rotatable bonds is 6. The molecule has 0 saturated heterocycles. The number of hydrogen-bond donors (Lipinski definition) is 3. The van der Waals surface area contributed by atoms with Crippen molar-refractivity contribution in [2.75, 3.05) is 17.2 Å². The number of alkyl halides is 3. The van der Waals surface area contributed by atoms with Gasteiger partial charge in [0.05, 0.1) is 22.3 Å². The third kappa shape index (κ3) is 5.30. The first-order chi connectivity index (χ1) is 17.0. The van der Waals surface area contributed by atoms with Gasteiger partial charge in [-0.15, -0.1) is 0 Å². The van der Waals surface area contributed by atoms with E-state index in [4.69, 9.17) is 11.6 Å². The molecule has 36 heavy (non-hydrogen) atoms. The highest BCUT2D eigenvalue weighted by atomic mass is 35.5. The Labute approximate surface area is 209 Å². The largest absolute Gasteiger partial charge is 0.417 e. The Morgan fingerprint density at radius 1 is 1.06 bits per heavy atom. The predicted octanol–water partition coefficient (Wildman–Crippen LogP) is 5.64. The van der Waals surface area contributed by atoms with Gasteiger partial charge in [0.1, 0.15) is 4.90 Å². The highest BCUT2D eigenvalue weighted by molar-refractivity contribution is 7.89. The fourth-order valence-electron chi connectivity index (χ4n) is 3.56. The molecule has 2 amide bonds. The van der Waals surface area contributed by atoms with Crippen LogP contribution in [0.25, 0.3) is 16.6 Å². The lowest BCUT2D eigenvalue weighted by Crippen LogP contribution is -2.22. The number of aromatic nitrogens is 2. The fourth-order valence-corrected chi connectivity index (χ4v) is 5.02. The van der Waals surface area contributed by atoms with Gasteiger partial charge in [0.2, 0.25) is 10.0 Å². The number of nitrogens with one attached hydrogen (secondary N) is 3. The van der Waals surface area contributed by atoms with Gasteiger partial charge in [-0.25, -0.2) is 17.9 Å². The van der Waals surface area contributed by atoms with Gasteiger partial charge in [-0.3, -0.25) is 4.98 Å².